The van der Waals surface area contributed by atoms with Gasteiger partial charge in [-0.2, -0.15) is 5.10 Å². The number of halogens is 1. The van der Waals surface area contributed by atoms with E-state index in [1.54, 1.807) is 28.9 Å². The lowest BCUT2D eigenvalue weighted by molar-refractivity contribution is 0.0601. The Morgan fingerprint density at radius 2 is 1.96 bits per heavy atom. The smallest absolute Gasteiger partial charge is 0.337 e. The van der Waals surface area contributed by atoms with Gasteiger partial charge in [0, 0.05) is 12.6 Å². The summed E-state index contributed by atoms with van der Waals surface area (Å²) >= 11 is 6.33. The van der Waals surface area contributed by atoms with Crippen LogP contribution in [0.5, 0.6) is 0 Å². The molecule has 0 aliphatic carbocycles. The maximum Gasteiger partial charge on any atom is 0.337 e. The number of benzene rings is 1. The number of aromatic nitrogens is 4. The van der Waals surface area contributed by atoms with Crippen molar-refractivity contribution >= 4 is 28.6 Å². The van der Waals surface area contributed by atoms with Gasteiger partial charge in [-0.05, 0) is 18.6 Å². The predicted octanol–water partition coefficient (Wildman–Crippen LogP) is 3.03. The zero-order chi connectivity index (χ0) is 16.6. The van der Waals surface area contributed by atoms with Crippen molar-refractivity contribution in [1.82, 2.24) is 19.7 Å². The highest BCUT2D eigenvalue weighted by atomic mass is 35.5. The Bertz CT molecular complexity index is 887. The van der Waals surface area contributed by atoms with Crippen molar-refractivity contribution in [1.29, 1.82) is 0 Å². The molecule has 0 spiro atoms. The monoisotopic (exact) mass is 330 g/mol. The average Bonchev–Trinajstić information content (AvgIpc) is 2.91. The Kier molecular flexibility index (Phi) is 4.00. The van der Waals surface area contributed by atoms with Gasteiger partial charge in [0.05, 0.1) is 23.8 Å². The number of carbonyl (C=O) groups excluding carboxylic acids is 1. The largest absolute Gasteiger partial charge is 0.465 e. The molecule has 7 heteroatoms. The van der Waals surface area contributed by atoms with Gasteiger partial charge in [-0.1, -0.05) is 30.7 Å². The summed E-state index contributed by atoms with van der Waals surface area (Å²) in [5.74, 6) is 0.106. The lowest BCUT2D eigenvalue weighted by atomic mass is 10.1. The Morgan fingerprint density at radius 1 is 1.26 bits per heavy atom. The molecule has 0 N–H and O–H groups in total. The van der Waals surface area contributed by atoms with Gasteiger partial charge in [0.25, 0.3) is 0 Å². The third-order valence-corrected chi connectivity index (χ3v) is 3.88. The van der Waals surface area contributed by atoms with Gasteiger partial charge in [0.15, 0.2) is 11.5 Å². The van der Waals surface area contributed by atoms with Crippen molar-refractivity contribution in [3.8, 4) is 11.4 Å². The van der Waals surface area contributed by atoms with Crippen molar-refractivity contribution in [3.05, 3.63) is 40.7 Å². The van der Waals surface area contributed by atoms with Gasteiger partial charge >= 0.3 is 5.97 Å². The van der Waals surface area contributed by atoms with E-state index in [4.69, 9.17) is 11.6 Å². The average molecular weight is 331 g/mol. The van der Waals surface area contributed by atoms with Gasteiger partial charge in [-0.3, -0.25) is 4.68 Å². The van der Waals surface area contributed by atoms with E-state index in [2.05, 4.69) is 19.8 Å². The van der Waals surface area contributed by atoms with Gasteiger partial charge < -0.3 is 4.74 Å². The number of fused-ring (bicyclic) bond motifs is 1. The van der Waals surface area contributed by atoms with Crippen molar-refractivity contribution in [2.75, 3.05) is 7.11 Å². The Morgan fingerprint density at radius 3 is 2.57 bits per heavy atom. The van der Waals surface area contributed by atoms with Crippen LogP contribution in [0.3, 0.4) is 0 Å². The van der Waals surface area contributed by atoms with Crippen LogP contribution in [0.1, 0.15) is 23.0 Å². The Labute approximate surface area is 138 Å². The number of aryl methyl sites for hydroxylation is 2. The molecule has 2 aromatic heterocycles. The summed E-state index contributed by atoms with van der Waals surface area (Å²) in [6, 6.07) is 6.87. The summed E-state index contributed by atoms with van der Waals surface area (Å²) < 4.78 is 6.39. The lowest BCUT2D eigenvalue weighted by Gasteiger charge is -2.04. The molecule has 0 saturated heterocycles. The molecule has 1 aromatic carbocycles. The van der Waals surface area contributed by atoms with Crippen molar-refractivity contribution < 1.29 is 9.53 Å². The molecule has 0 saturated carbocycles. The summed E-state index contributed by atoms with van der Waals surface area (Å²) in [5, 5.41) is 5.59. The van der Waals surface area contributed by atoms with E-state index in [9.17, 15) is 4.79 Å². The van der Waals surface area contributed by atoms with Crippen LogP contribution in [0.25, 0.3) is 22.4 Å². The molecule has 0 aliphatic rings. The predicted molar refractivity (Wildman–Crippen MR) is 87.5 cm³/mol. The van der Waals surface area contributed by atoms with E-state index in [0.29, 0.717) is 22.2 Å². The summed E-state index contributed by atoms with van der Waals surface area (Å²) in [4.78, 5) is 20.4. The summed E-state index contributed by atoms with van der Waals surface area (Å²) in [5.41, 5.74) is 2.80. The van der Waals surface area contributed by atoms with Crippen molar-refractivity contribution in [2.45, 2.75) is 13.3 Å². The highest BCUT2D eigenvalue weighted by Crippen LogP contribution is 2.27. The molecule has 0 radical (unpaired) electrons. The van der Waals surface area contributed by atoms with Gasteiger partial charge in [-0.15, -0.1) is 0 Å². The van der Waals surface area contributed by atoms with Gasteiger partial charge in [0.2, 0.25) is 0 Å². The second kappa shape index (κ2) is 5.96. The van der Waals surface area contributed by atoms with E-state index in [0.717, 1.165) is 23.1 Å². The number of methoxy groups -OCH3 is 1. The quantitative estimate of drug-likeness (QED) is 0.545. The van der Waals surface area contributed by atoms with Crippen LogP contribution < -0.4 is 0 Å². The van der Waals surface area contributed by atoms with E-state index in [1.807, 2.05) is 14.0 Å². The van der Waals surface area contributed by atoms with Crippen LogP contribution in [-0.2, 0) is 18.2 Å². The number of rotatable bonds is 3. The molecule has 0 atom stereocenters. The number of hydrogen-bond donors (Lipinski definition) is 0. The first-order valence-corrected chi connectivity index (χ1v) is 7.50. The number of carbonyl (C=O) groups is 1. The second-order valence-corrected chi connectivity index (χ2v) is 5.39. The fourth-order valence-corrected chi connectivity index (χ4v) is 2.71. The molecular formula is C16H15ClN4O2. The maximum atomic E-state index is 11.5. The van der Waals surface area contributed by atoms with Crippen LogP contribution in [-0.4, -0.2) is 32.8 Å². The molecule has 0 amide bonds. The fourth-order valence-electron chi connectivity index (χ4n) is 2.43. The number of esters is 1. The van der Waals surface area contributed by atoms with E-state index in [1.165, 1.54) is 7.11 Å². The van der Waals surface area contributed by atoms with E-state index < -0.39 is 0 Å². The molecule has 118 valence electrons. The molecule has 2 heterocycles. The highest BCUT2D eigenvalue weighted by Gasteiger charge is 2.16. The minimum Gasteiger partial charge on any atom is -0.465 e. The summed E-state index contributed by atoms with van der Waals surface area (Å²) in [7, 11) is 3.18. The SMILES string of the molecule is CCc1nn(C)c2nc(-c3ccc(C(=O)OC)cc3)nc(Cl)c12. The standard InChI is InChI=1S/C16H15ClN4O2/c1-4-11-12-13(17)18-14(19-15(12)21(2)20-11)9-5-7-10(8-6-9)16(22)23-3/h5-8H,4H2,1-3H3. The fraction of sp³-hybridized carbons (Fsp3) is 0.250. The molecule has 3 rings (SSSR count). The first-order valence-electron chi connectivity index (χ1n) is 7.13. The third-order valence-electron chi connectivity index (χ3n) is 3.61. The normalized spacial score (nSPS) is 11.0. The summed E-state index contributed by atoms with van der Waals surface area (Å²) in [6.45, 7) is 2.01. The Hall–Kier alpha value is -2.47. The zero-order valence-electron chi connectivity index (χ0n) is 13.0. The molecule has 3 aromatic rings. The van der Waals surface area contributed by atoms with E-state index >= 15 is 0 Å². The Balaban J connectivity index is 2.10. The van der Waals surface area contributed by atoms with Crippen LogP contribution >= 0.6 is 11.6 Å². The van der Waals surface area contributed by atoms with E-state index in [-0.39, 0.29) is 5.97 Å². The number of hydrogen-bond acceptors (Lipinski definition) is 5. The van der Waals surface area contributed by atoms with Crippen LogP contribution in [0, 0.1) is 0 Å². The van der Waals surface area contributed by atoms with Crippen molar-refractivity contribution in [3.63, 3.8) is 0 Å². The highest BCUT2D eigenvalue weighted by molar-refractivity contribution is 6.34. The van der Waals surface area contributed by atoms with Crippen LogP contribution in [0.4, 0.5) is 0 Å². The third kappa shape index (κ3) is 2.66. The molecule has 23 heavy (non-hydrogen) atoms. The zero-order valence-corrected chi connectivity index (χ0v) is 13.8. The summed E-state index contributed by atoms with van der Waals surface area (Å²) in [6.07, 6.45) is 0.758. The van der Waals surface area contributed by atoms with Gasteiger partial charge in [-0.25, -0.2) is 14.8 Å². The molecule has 0 unspecified atom stereocenters. The molecule has 6 nitrogen and oxygen atoms in total. The first-order chi connectivity index (χ1) is 11.0. The van der Waals surface area contributed by atoms with Crippen LogP contribution in [0.2, 0.25) is 5.15 Å². The molecule has 0 aliphatic heterocycles. The van der Waals surface area contributed by atoms with Crippen molar-refractivity contribution in [2.24, 2.45) is 7.05 Å². The first kappa shape index (κ1) is 15.4. The van der Waals surface area contributed by atoms with Gasteiger partial charge in [0.1, 0.15) is 5.15 Å². The molecule has 0 bridgehead atoms. The second-order valence-electron chi connectivity index (χ2n) is 5.03. The topological polar surface area (TPSA) is 69.9 Å². The minimum atomic E-state index is -0.384. The number of ether oxygens (including phenoxy) is 1. The number of nitrogens with zero attached hydrogens (tertiary/aromatic N) is 4. The maximum absolute atomic E-state index is 11.5. The molecule has 0 fully saturated rings. The minimum absolute atomic E-state index is 0.381. The lowest BCUT2D eigenvalue weighted by Crippen LogP contribution is -2.01. The molecular weight excluding hydrogens is 316 g/mol. The van der Waals surface area contributed by atoms with Crippen LogP contribution in [0.15, 0.2) is 24.3 Å².